The van der Waals surface area contributed by atoms with E-state index in [2.05, 4.69) is 25.3 Å². The summed E-state index contributed by atoms with van der Waals surface area (Å²) in [7, 11) is 0. The Kier molecular flexibility index (Phi) is 5.69. The third-order valence-corrected chi connectivity index (χ3v) is 2.76. The maximum Gasteiger partial charge on any atom is 0.186 e. The monoisotopic (exact) mass is 256 g/mol. The summed E-state index contributed by atoms with van der Waals surface area (Å²) < 4.78 is 10.4. The Morgan fingerprint density at radius 2 is 1.73 bits per heavy atom. The van der Waals surface area contributed by atoms with Gasteiger partial charge in [0.25, 0.3) is 0 Å². The highest BCUT2D eigenvalue weighted by molar-refractivity contribution is 7.80. The van der Waals surface area contributed by atoms with Crippen LogP contribution in [0.2, 0.25) is 0 Å². The summed E-state index contributed by atoms with van der Waals surface area (Å²) in [5.41, 5.74) is 0. The van der Waals surface area contributed by atoms with E-state index in [0.717, 1.165) is 0 Å². The first-order chi connectivity index (χ1) is 7.11. The number of thiol groups is 2. The third-order valence-electron chi connectivity index (χ3n) is 2.22. The van der Waals surface area contributed by atoms with Crippen LogP contribution in [0.15, 0.2) is 0 Å². The molecule has 1 rings (SSSR count). The molecule has 5 nitrogen and oxygen atoms in total. The van der Waals surface area contributed by atoms with E-state index >= 15 is 0 Å². The second kappa shape index (κ2) is 6.29. The molecule has 0 radical (unpaired) electrons. The van der Waals surface area contributed by atoms with Gasteiger partial charge >= 0.3 is 0 Å². The molecule has 1 saturated heterocycles. The Hall–Kier alpha value is 0.500. The Morgan fingerprint density at radius 3 is 2.27 bits per heavy atom. The van der Waals surface area contributed by atoms with Crippen LogP contribution in [0.4, 0.5) is 0 Å². The normalized spacial score (nSPS) is 41.8. The van der Waals surface area contributed by atoms with Crippen molar-refractivity contribution in [2.24, 2.45) is 0 Å². The highest BCUT2D eigenvalue weighted by Crippen LogP contribution is 2.22. The molecule has 0 aromatic carbocycles. The molecular weight excluding hydrogens is 240 g/mol. The SMILES string of the molecule is OC1[C@H](OCCS)OC(CS)[C@H](O)[C@@H]1O. The van der Waals surface area contributed by atoms with Crippen molar-refractivity contribution in [1.29, 1.82) is 0 Å². The average Bonchev–Trinajstić information content (AvgIpc) is 2.25. The molecule has 0 aromatic rings. The van der Waals surface area contributed by atoms with Crippen molar-refractivity contribution in [1.82, 2.24) is 0 Å². The molecule has 1 aliphatic rings. The summed E-state index contributed by atoms with van der Waals surface area (Å²) in [4.78, 5) is 0. The van der Waals surface area contributed by atoms with Gasteiger partial charge in [-0.25, -0.2) is 0 Å². The fourth-order valence-corrected chi connectivity index (χ4v) is 1.78. The van der Waals surface area contributed by atoms with E-state index in [-0.39, 0.29) is 5.75 Å². The number of aliphatic hydroxyl groups excluding tert-OH is 3. The number of hydrogen-bond donors (Lipinski definition) is 5. The Bertz CT molecular complexity index is 192. The first-order valence-electron chi connectivity index (χ1n) is 4.64. The molecular formula is C8H16O5S2. The van der Waals surface area contributed by atoms with Crippen molar-refractivity contribution in [3.8, 4) is 0 Å². The van der Waals surface area contributed by atoms with Crippen molar-refractivity contribution >= 4 is 25.3 Å². The molecule has 0 aromatic heterocycles. The first kappa shape index (κ1) is 13.6. The van der Waals surface area contributed by atoms with E-state index in [1.54, 1.807) is 0 Å². The van der Waals surface area contributed by atoms with E-state index in [1.165, 1.54) is 0 Å². The minimum absolute atomic E-state index is 0.242. The van der Waals surface area contributed by atoms with Gasteiger partial charge in [-0.15, -0.1) is 0 Å². The molecule has 7 heteroatoms. The molecule has 5 atom stereocenters. The second-order valence-corrected chi connectivity index (χ2v) is 4.10. The van der Waals surface area contributed by atoms with Crippen LogP contribution in [0.25, 0.3) is 0 Å². The standard InChI is InChI=1S/C8H16O5S2/c9-5-4(3-15)13-8(12-1-2-14)7(11)6(5)10/h4-11,14-15H,1-3H2/t4?,5-,6-,7?,8+/m0/s1. The fraction of sp³-hybridized carbons (Fsp3) is 1.00. The molecule has 0 saturated carbocycles. The van der Waals surface area contributed by atoms with Crippen LogP contribution in [0.5, 0.6) is 0 Å². The summed E-state index contributed by atoms with van der Waals surface area (Å²) in [6.07, 6.45) is -5.26. The van der Waals surface area contributed by atoms with Crippen LogP contribution in [0.1, 0.15) is 0 Å². The summed E-state index contributed by atoms with van der Waals surface area (Å²) >= 11 is 7.92. The molecule has 2 unspecified atom stereocenters. The molecule has 0 bridgehead atoms. The Labute approximate surface area is 99.2 Å². The van der Waals surface area contributed by atoms with Gasteiger partial charge < -0.3 is 24.8 Å². The average molecular weight is 256 g/mol. The van der Waals surface area contributed by atoms with Gasteiger partial charge in [0.15, 0.2) is 6.29 Å². The van der Waals surface area contributed by atoms with Crippen molar-refractivity contribution in [2.75, 3.05) is 18.1 Å². The molecule has 0 spiro atoms. The van der Waals surface area contributed by atoms with Crippen LogP contribution < -0.4 is 0 Å². The van der Waals surface area contributed by atoms with Crippen molar-refractivity contribution in [2.45, 2.75) is 30.7 Å². The summed E-state index contributed by atoms with van der Waals surface area (Å²) in [5.74, 6) is 0.725. The molecule has 1 heterocycles. The highest BCUT2D eigenvalue weighted by atomic mass is 32.1. The predicted octanol–water partition coefficient (Wildman–Crippen LogP) is -1.33. The number of ether oxygens (including phenoxy) is 2. The Balaban J connectivity index is 2.57. The zero-order chi connectivity index (χ0) is 11.4. The molecule has 90 valence electrons. The summed E-state index contributed by atoms with van der Waals surface area (Å²) in [6.45, 7) is 0.299. The molecule has 3 N–H and O–H groups in total. The molecule has 0 aliphatic carbocycles. The smallest absolute Gasteiger partial charge is 0.186 e. The lowest BCUT2D eigenvalue weighted by atomic mass is 10.00. The molecule has 1 aliphatic heterocycles. The van der Waals surface area contributed by atoms with Crippen molar-refractivity contribution in [3.63, 3.8) is 0 Å². The molecule has 1 fully saturated rings. The third kappa shape index (κ3) is 3.23. The van der Waals surface area contributed by atoms with Crippen LogP contribution in [0.3, 0.4) is 0 Å². The zero-order valence-electron chi connectivity index (χ0n) is 8.06. The quantitative estimate of drug-likeness (QED) is 0.403. The van der Waals surface area contributed by atoms with Gasteiger partial charge in [-0.1, -0.05) is 0 Å². The maximum atomic E-state index is 9.54. The largest absolute Gasteiger partial charge is 0.388 e. The molecule has 0 amide bonds. The van der Waals surface area contributed by atoms with Gasteiger partial charge in [-0.3, -0.25) is 0 Å². The lowest BCUT2D eigenvalue weighted by Gasteiger charge is -2.39. The lowest BCUT2D eigenvalue weighted by molar-refractivity contribution is -0.290. The second-order valence-electron chi connectivity index (χ2n) is 3.29. The Morgan fingerprint density at radius 1 is 1.07 bits per heavy atom. The van der Waals surface area contributed by atoms with Crippen LogP contribution >= 0.6 is 25.3 Å². The van der Waals surface area contributed by atoms with Gasteiger partial charge in [0, 0.05) is 11.5 Å². The summed E-state index contributed by atoms with van der Waals surface area (Å²) in [6, 6.07) is 0. The van der Waals surface area contributed by atoms with E-state index in [0.29, 0.717) is 12.4 Å². The van der Waals surface area contributed by atoms with Crippen LogP contribution in [-0.4, -0.2) is 64.1 Å². The van der Waals surface area contributed by atoms with Crippen molar-refractivity contribution < 1.29 is 24.8 Å². The number of aliphatic hydroxyl groups is 3. The van der Waals surface area contributed by atoms with Gasteiger partial charge in [-0.2, -0.15) is 25.3 Å². The highest BCUT2D eigenvalue weighted by Gasteiger charge is 2.43. The van der Waals surface area contributed by atoms with Crippen LogP contribution in [-0.2, 0) is 9.47 Å². The fourth-order valence-electron chi connectivity index (χ4n) is 1.37. The van der Waals surface area contributed by atoms with Crippen molar-refractivity contribution in [3.05, 3.63) is 0 Å². The zero-order valence-corrected chi connectivity index (χ0v) is 9.85. The van der Waals surface area contributed by atoms with Crippen LogP contribution in [0, 0.1) is 0 Å². The van der Waals surface area contributed by atoms with E-state index in [4.69, 9.17) is 9.47 Å². The van der Waals surface area contributed by atoms with E-state index < -0.39 is 30.7 Å². The van der Waals surface area contributed by atoms with Gasteiger partial charge in [0.2, 0.25) is 0 Å². The maximum absolute atomic E-state index is 9.54. The van der Waals surface area contributed by atoms with E-state index in [9.17, 15) is 15.3 Å². The van der Waals surface area contributed by atoms with Gasteiger partial charge in [0.1, 0.15) is 18.3 Å². The summed E-state index contributed by atoms with van der Waals surface area (Å²) in [5, 5.41) is 28.5. The van der Waals surface area contributed by atoms with Gasteiger partial charge in [-0.05, 0) is 0 Å². The van der Waals surface area contributed by atoms with Gasteiger partial charge in [0.05, 0.1) is 12.7 Å². The predicted molar refractivity (Wildman–Crippen MR) is 60.3 cm³/mol. The minimum Gasteiger partial charge on any atom is -0.388 e. The lowest BCUT2D eigenvalue weighted by Crippen LogP contribution is -2.58. The molecule has 15 heavy (non-hydrogen) atoms. The first-order valence-corrected chi connectivity index (χ1v) is 5.91. The van der Waals surface area contributed by atoms with E-state index in [1.807, 2.05) is 0 Å². The minimum atomic E-state index is -1.28. The topological polar surface area (TPSA) is 79.2 Å². The number of rotatable bonds is 4. The number of hydrogen-bond acceptors (Lipinski definition) is 7.